The van der Waals surface area contributed by atoms with E-state index in [1.807, 2.05) is 0 Å². The zero-order valence-corrected chi connectivity index (χ0v) is 12.5. The van der Waals surface area contributed by atoms with Crippen molar-refractivity contribution in [2.24, 2.45) is 5.92 Å². The van der Waals surface area contributed by atoms with Gasteiger partial charge in [-0.15, -0.1) is 11.6 Å². The lowest BCUT2D eigenvalue weighted by atomic mass is 10.1. The Morgan fingerprint density at radius 3 is 2.90 bits per heavy atom. The Morgan fingerprint density at radius 2 is 2.19 bits per heavy atom. The molecule has 5 nitrogen and oxygen atoms in total. The molecule has 1 unspecified atom stereocenters. The van der Waals surface area contributed by atoms with E-state index >= 15 is 0 Å². The first kappa shape index (κ1) is 15.5. The van der Waals surface area contributed by atoms with Crippen LogP contribution in [0.2, 0.25) is 0 Å². The van der Waals surface area contributed by atoms with Crippen LogP contribution in [0.5, 0.6) is 5.75 Å². The molecule has 0 aliphatic rings. The lowest BCUT2D eigenvalue weighted by molar-refractivity contribution is -0.383. The predicted octanol–water partition coefficient (Wildman–Crippen LogP) is 4.18. The first-order chi connectivity index (χ1) is 10.1. The average Bonchev–Trinajstić information content (AvgIpc) is 2.47. The van der Waals surface area contributed by atoms with E-state index in [1.54, 1.807) is 24.4 Å². The lowest BCUT2D eigenvalue weighted by Gasteiger charge is -2.12. The van der Waals surface area contributed by atoms with Crippen LogP contribution in [0.3, 0.4) is 0 Å². The van der Waals surface area contributed by atoms with Gasteiger partial charge in [-0.3, -0.25) is 10.1 Å². The number of nitro benzene ring substituents is 1. The van der Waals surface area contributed by atoms with Crippen LogP contribution in [0.4, 0.5) is 5.69 Å². The number of rotatable bonds is 7. The molecular weight excluding hydrogens is 292 g/mol. The van der Waals surface area contributed by atoms with Crippen LogP contribution >= 0.6 is 11.6 Å². The summed E-state index contributed by atoms with van der Waals surface area (Å²) in [7, 11) is 0. The van der Waals surface area contributed by atoms with Crippen LogP contribution in [-0.2, 0) is 0 Å². The van der Waals surface area contributed by atoms with Crippen molar-refractivity contribution >= 4 is 28.2 Å². The van der Waals surface area contributed by atoms with E-state index in [0.717, 1.165) is 12.8 Å². The molecule has 0 N–H and O–H groups in total. The van der Waals surface area contributed by atoms with Gasteiger partial charge in [-0.05, 0) is 37.0 Å². The number of nitro groups is 1. The van der Waals surface area contributed by atoms with Crippen LogP contribution in [0.1, 0.15) is 19.8 Å². The number of non-ortho nitro benzene ring substituents is 1. The van der Waals surface area contributed by atoms with Gasteiger partial charge >= 0.3 is 0 Å². The summed E-state index contributed by atoms with van der Waals surface area (Å²) in [6, 6.07) is 6.60. The maximum atomic E-state index is 11.0. The number of alkyl halides is 1. The molecule has 0 saturated carbocycles. The van der Waals surface area contributed by atoms with Crippen molar-refractivity contribution in [3.8, 4) is 5.75 Å². The standard InChI is InChI=1S/C15H17ClN2O3/c1-11(6-8-16)7-10-21-14-5-4-13(18(19)20)15-12(14)3-2-9-17-15/h2-5,9,11H,6-8,10H2,1H3. The fourth-order valence-electron chi connectivity index (χ4n) is 2.11. The van der Waals surface area contributed by atoms with Gasteiger partial charge in [0, 0.05) is 23.5 Å². The van der Waals surface area contributed by atoms with Crippen molar-refractivity contribution < 1.29 is 9.66 Å². The minimum absolute atomic E-state index is 0.00606. The van der Waals surface area contributed by atoms with Crippen molar-refractivity contribution in [2.45, 2.75) is 19.8 Å². The van der Waals surface area contributed by atoms with E-state index < -0.39 is 4.92 Å². The number of fused-ring (bicyclic) bond motifs is 1. The summed E-state index contributed by atoms with van der Waals surface area (Å²) in [5, 5.41) is 11.7. The SMILES string of the molecule is CC(CCCl)CCOc1ccc([N+](=O)[O-])c2ncccc12. The zero-order valence-electron chi connectivity index (χ0n) is 11.8. The molecule has 2 rings (SSSR count). The largest absolute Gasteiger partial charge is 0.493 e. The number of hydrogen-bond donors (Lipinski definition) is 0. The van der Waals surface area contributed by atoms with Gasteiger partial charge in [0.15, 0.2) is 5.52 Å². The van der Waals surface area contributed by atoms with Crippen molar-refractivity contribution in [2.75, 3.05) is 12.5 Å². The van der Waals surface area contributed by atoms with Gasteiger partial charge in [0.25, 0.3) is 5.69 Å². The molecule has 0 aliphatic heterocycles. The van der Waals surface area contributed by atoms with Crippen LogP contribution < -0.4 is 4.74 Å². The maximum Gasteiger partial charge on any atom is 0.295 e. The van der Waals surface area contributed by atoms with Crippen molar-refractivity contribution in [1.29, 1.82) is 0 Å². The smallest absolute Gasteiger partial charge is 0.295 e. The molecule has 0 aliphatic carbocycles. The number of aromatic nitrogens is 1. The molecule has 112 valence electrons. The summed E-state index contributed by atoms with van der Waals surface area (Å²) in [5.41, 5.74) is 0.349. The van der Waals surface area contributed by atoms with Crippen molar-refractivity contribution in [3.63, 3.8) is 0 Å². The van der Waals surface area contributed by atoms with Crippen molar-refractivity contribution in [1.82, 2.24) is 4.98 Å². The molecule has 0 saturated heterocycles. The summed E-state index contributed by atoms with van der Waals surface area (Å²) in [4.78, 5) is 14.7. The van der Waals surface area contributed by atoms with Gasteiger partial charge in [0.2, 0.25) is 0 Å². The minimum Gasteiger partial charge on any atom is -0.493 e. The topological polar surface area (TPSA) is 65.3 Å². The maximum absolute atomic E-state index is 11.0. The summed E-state index contributed by atoms with van der Waals surface area (Å²) in [6.45, 7) is 2.68. The van der Waals surface area contributed by atoms with Gasteiger partial charge < -0.3 is 4.74 Å². The number of ether oxygens (including phenoxy) is 1. The Balaban J connectivity index is 2.18. The zero-order chi connectivity index (χ0) is 15.2. The first-order valence-corrected chi connectivity index (χ1v) is 7.38. The quantitative estimate of drug-likeness (QED) is 0.437. The van der Waals surface area contributed by atoms with E-state index in [1.165, 1.54) is 6.07 Å². The van der Waals surface area contributed by atoms with Crippen LogP contribution in [0, 0.1) is 16.0 Å². The van der Waals surface area contributed by atoms with Gasteiger partial charge in [0.1, 0.15) is 5.75 Å². The Hall–Kier alpha value is -1.88. The highest BCUT2D eigenvalue weighted by Crippen LogP contribution is 2.31. The van der Waals surface area contributed by atoms with Gasteiger partial charge in [-0.25, -0.2) is 4.98 Å². The average molecular weight is 309 g/mol. The van der Waals surface area contributed by atoms with Crippen LogP contribution in [-0.4, -0.2) is 22.4 Å². The molecule has 0 amide bonds. The summed E-state index contributed by atoms with van der Waals surface area (Å²) < 4.78 is 5.77. The third-order valence-corrected chi connectivity index (χ3v) is 3.59. The molecule has 2 aromatic rings. The summed E-state index contributed by atoms with van der Waals surface area (Å²) in [6.07, 6.45) is 3.39. The van der Waals surface area contributed by atoms with Crippen LogP contribution in [0.15, 0.2) is 30.5 Å². The Kier molecular flexibility index (Phi) is 5.33. The fourth-order valence-corrected chi connectivity index (χ4v) is 2.48. The number of nitrogens with zero attached hydrogens (tertiary/aromatic N) is 2. The van der Waals surface area contributed by atoms with Crippen LogP contribution in [0.25, 0.3) is 10.9 Å². The molecule has 0 fully saturated rings. The molecule has 1 heterocycles. The van der Waals surface area contributed by atoms with Gasteiger partial charge in [-0.2, -0.15) is 0 Å². The number of hydrogen-bond acceptors (Lipinski definition) is 4. The molecular formula is C15H17ClN2O3. The Bertz CT molecular complexity index is 633. The monoisotopic (exact) mass is 308 g/mol. The van der Waals surface area contributed by atoms with Gasteiger partial charge in [0.05, 0.1) is 11.5 Å². The van der Waals surface area contributed by atoms with E-state index in [2.05, 4.69) is 11.9 Å². The third-order valence-electron chi connectivity index (χ3n) is 3.38. The minimum atomic E-state index is -0.429. The highest BCUT2D eigenvalue weighted by molar-refractivity contribution is 6.17. The molecule has 1 atom stereocenters. The third kappa shape index (κ3) is 3.82. The molecule has 0 radical (unpaired) electrons. The van der Waals surface area contributed by atoms with E-state index in [0.29, 0.717) is 35.1 Å². The normalized spacial score (nSPS) is 12.3. The molecule has 1 aromatic carbocycles. The molecule has 21 heavy (non-hydrogen) atoms. The van der Waals surface area contributed by atoms with E-state index in [-0.39, 0.29) is 5.69 Å². The second kappa shape index (κ2) is 7.22. The molecule has 0 bridgehead atoms. The second-order valence-corrected chi connectivity index (χ2v) is 5.34. The number of benzene rings is 1. The highest BCUT2D eigenvalue weighted by Gasteiger charge is 2.16. The fraction of sp³-hybridized carbons (Fsp3) is 0.400. The Morgan fingerprint density at radius 1 is 1.38 bits per heavy atom. The second-order valence-electron chi connectivity index (χ2n) is 4.96. The Labute approximate surface area is 128 Å². The van der Waals surface area contributed by atoms with Gasteiger partial charge in [-0.1, -0.05) is 6.92 Å². The number of halogens is 1. The van der Waals surface area contributed by atoms with E-state index in [9.17, 15) is 10.1 Å². The summed E-state index contributed by atoms with van der Waals surface area (Å²) in [5.74, 6) is 1.76. The van der Waals surface area contributed by atoms with Crippen molar-refractivity contribution in [3.05, 3.63) is 40.6 Å². The highest BCUT2D eigenvalue weighted by atomic mass is 35.5. The summed E-state index contributed by atoms with van der Waals surface area (Å²) >= 11 is 5.70. The predicted molar refractivity (Wildman–Crippen MR) is 83.0 cm³/mol. The molecule has 1 aromatic heterocycles. The lowest BCUT2D eigenvalue weighted by Crippen LogP contribution is -2.05. The number of pyridine rings is 1. The first-order valence-electron chi connectivity index (χ1n) is 6.84. The molecule has 0 spiro atoms. The molecule has 6 heteroatoms. The van der Waals surface area contributed by atoms with E-state index in [4.69, 9.17) is 16.3 Å².